The molecule has 0 spiro atoms. The number of hydrogen-bond acceptors (Lipinski definition) is 3. The van der Waals surface area contributed by atoms with Crippen molar-refractivity contribution in [2.75, 3.05) is 20.3 Å². The summed E-state index contributed by atoms with van der Waals surface area (Å²) in [6, 6.07) is 6.82. The van der Waals surface area contributed by atoms with Gasteiger partial charge in [-0.25, -0.2) is 8.78 Å². The Labute approximate surface area is 134 Å². The quantitative estimate of drug-likeness (QED) is 0.934. The molecule has 0 fully saturated rings. The van der Waals surface area contributed by atoms with Crippen LogP contribution in [-0.4, -0.2) is 20.3 Å². The van der Waals surface area contributed by atoms with Crippen molar-refractivity contribution >= 4 is 0 Å². The minimum atomic E-state index is -0.450. The van der Waals surface area contributed by atoms with Crippen LogP contribution in [0.5, 0.6) is 11.5 Å². The van der Waals surface area contributed by atoms with Crippen LogP contribution in [0.4, 0.5) is 8.78 Å². The third-order valence-electron chi connectivity index (χ3n) is 4.07. The Balaban J connectivity index is 2.12. The molecule has 2 aromatic carbocycles. The Morgan fingerprint density at radius 2 is 2.00 bits per heavy atom. The lowest BCUT2D eigenvalue weighted by atomic mass is 9.88. The maximum absolute atomic E-state index is 14.2. The van der Waals surface area contributed by atoms with Crippen LogP contribution in [0.15, 0.2) is 30.3 Å². The third kappa shape index (κ3) is 2.88. The lowest BCUT2D eigenvalue weighted by molar-refractivity contribution is 0.305. The number of ether oxygens (including phenoxy) is 2. The molecule has 5 heteroatoms. The number of hydrogen-bond donors (Lipinski definition) is 1. The topological polar surface area (TPSA) is 30.5 Å². The van der Waals surface area contributed by atoms with Crippen molar-refractivity contribution in [2.24, 2.45) is 0 Å². The molecule has 0 bridgehead atoms. The van der Waals surface area contributed by atoms with E-state index in [1.165, 1.54) is 6.07 Å². The molecule has 0 aromatic heterocycles. The van der Waals surface area contributed by atoms with Crippen LogP contribution >= 0.6 is 0 Å². The SMILES string of the molecule is CCOc1c(OC)ccc2c1CCNC2c1cc(F)ccc1F. The van der Waals surface area contributed by atoms with Crippen LogP contribution < -0.4 is 14.8 Å². The lowest BCUT2D eigenvalue weighted by Gasteiger charge is -2.29. The summed E-state index contributed by atoms with van der Waals surface area (Å²) >= 11 is 0. The van der Waals surface area contributed by atoms with E-state index in [0.717, 1.165) is 29.7 Å². The number of methoxy groups -OCH3 is 1. The molecule has 1 unspecified atom stereocenters. The average Bonchev–Trinajstić information content (AvgIpc) is 2.57. The lowest BCUT2D eigenvalue weighted by Crippen LogP contribution is -2.31. The van der Waals surface area contributed by atoms with E-state index in [2.05, 4.69) is 5.32 Å². The first-order valence-corrected chi connectivity index (χ1v) is 7.66. The van der Waals surface area contributed by atoms with Gasteiger partial charge in [0.1, 0.15) is 11.6 Å². The van der Waals surface area contributed by atoms with Crippen molar-refractivity contribution in [1.29, 1.82) is 0 Å². The molecule has 2 aromatic rings. The molecule has 1 heterocycles. The predicted molar refractivity (Wildman–Crippen MR) is 84.1 cm³/mol. The van der Waals surface area contributed by atoms with E-state index in [4.69, 9.17) is 9.47 Å². The van der Waals surface area contributed by atoms with Crippen LogP contribution in [0.3, 0.4) is 0 Å². The van der Waals surface area contributed by atoms with E-state index in [1.54, 1.807) is 13.2 Å². The van der Waals surface area contributed by atoms with Gasteiger partial charge in [-0.3, -0.25) is 0 Å². The molecule has 0 saturated carbocycles. The summed E-state index contributed by atoms with van der Waals surface area (Å²) in [4.78, 5) is 0. The number of fused-ring (bicyclic) bond motifs is 1. The van der Waals surface area contributed by atoms with Crippen molar-refractivity contribution in [1.82, 2.24) is 5.32 Å². The maximum atomic E-state index is 14.2. The molecule has 1 atom stereocenters. The second kappa shape index (κ2) is 6.54. The second-order valence-electron chi connectivity index (χ2n) is 5.40. The van der Waals surface area contributed by atoms with E-state index >= 15 is 0 Å². The van der Waals surface area contributed by atoms with Gasteiger partial charge in [0.15, 0.2) is 11.5 Å². The Morgan fingerprint density at radius 3 is 2.74 bits per heavy atom. The van der Waals surface area contributed by atoms with Crippen molar-refractivity contribution in [3.63, 3.8) is 0 Å². The fourth-order valence-corrected chi connectivity index (χ4v) is 3.08. The smallest absolute Gasteiger partial charge is 0.164 e. The molecule has 0 saturated heterocycles. The summed E-state index contributed by atoms with van der Waals surface area (Å²) in [5.41, 5.74) is 2.18. The molecular weight excluding hydrogens is 300 g/mol. The van der Waals surface area contributed by atoms with E-state index in [1.807, 2.05) is 13.0 Å². The van der Waals surface area contributed by atoms with E-state index in [-0.39, 0.29) is 0 Å². The summed E-state index contributed by atoms with van der Waals surface area (Å²) in [6.07, 6.45) is 0.745. The van der Waals surface area contributed by atoms with Gasteiger partial charge >= 0.3 is 0 Å². The van der Waals surface area contributed by atoms with Gasteiger partial charge in [-0.05, 0) is 43.2 Å². The van der Waals surface area contributed by atoms with Gasteiger partial charge in [0.25, 0.3) is 0 Å². The second-order valence-corrected chi connectivity index (χ2v) is 5.40. The Kier molecular flexibility index (Phi) is 4.48. The first-order valence-electron chi connectivity index (χ1n) is 7.66. The highest BCUT2D eigenvalue weighted by Gasteiger charge is 2.28. The molecule has 0 radical (unpaired) electrons. The van der Waals surface area contributed by atoms with Gasteiger partial charge in [-0.1, -0.05) is 6.07 Å². The van der Waals surface area contributed by atoms with Crippen LogP contribution in [-0.2, 0) is 6.42 Å². The zero-order valence-electron chi connectivity index (χ0n) is 13.2. The highest BCUT2D eigenvalue weighted by Crippen LogP contribution is 2.40. The Morgan fingerprint density at radius 1 is 1.17 bits per heavy atom. The van der Waals surface area contributed by atoms with E-state index in [9.17, 15) is 8.78 Å². The van der Waals surface area contributed by atoms with Crippen molar-refractivity contribution in [2.45, 2.75) is 19.4 Å². The summed E-state index contributed by atoms with van der Waals surface area (Å²) in [5.74, 6) is 0.473. The van der Waals surface area contributed by atoms with E-state index in [0.29, 0.717) is 30.2 Å². The predicted octanol–water partition coefficient (Wildman–Crippen LogP) is 3.61. The van der Waals surface area contributed by atoms with Crippen LogP contribution in [0.25, 0.3) is 0 Å². The van der Waals surface area contributed by atoms with Gasteiger partial charge in [-0.2, -0.15) is 0 Å². The van der Waals surface area contributed by atoms with Crippen molar-refractivity contribution in [3.8, 4) is 11.5 Å². The minimum Gasteiger partial charge on any atom is -0.493 e. The minimum absolute atomic E-state index is 0.304. The van der Waals surface area contributed by atoms with Crippen LogP contribution in [0.1, 0.15) is 29.7 Å². The third-order valence-corrected chi connectivity index (χ3v) is 4.07. The molecule has 1 N–H and O–H groups in total. The van der Waals surface area contributed by atoms with Gasteiger partial charge in [0.2, 0.25) is 0 Å². The zero-order valence-corrected chi connectivity index (χ0v) is 13.2. The molecule has 3 nitrogen and oxygen atoms in total. The molecular formula is C18H19F2NO2. The first-order chi connectivity index (χ1) is 11.2. The first kappa shape index (κ1) is 15.7. The van der Waals surface area contributed by atoms with Crippen molar-refractivity contribution in [3.05, 3.63) is 58.7 Å². The van der Waals surface area contributed by atoms with Crippen LogP contribution in [0, 0.1) is 11.6 Å². The monoisotopic (exact) mass is 319 g/mol. The Bertz CT molecular complexity index is 718. The molecule has 23 heavy (non-hydrogen) atoms. The number of nitrogens with one attached hydrogen (secondary N) is 1. The van der Waals surface area contributed by atoms with Gasteiger partial charge in [0, 0.05) is 17.7 Å². The standard InChI is InChI=1S/C18H19F2NO2/c1-3-23-18-13-8-9-21-17(12(13)5-7-16(18)22-2)14-10-11(19)4-6-15(14)20/h4-7,10,17,21H,3,8-9H2,1-2H3. The molecule has 1 aliphatic heterocycles. The van der Waals surface area contributed by atoms with Crippen LogP contribution in [0.2, 0.25) is 0 Å². The number of halogens is 2. The summed E-state index contributed by atoms with van der Waals surface area (Å²) in [5, 5.41) is 3.26. The highest BCUT2D eigenvalue weighted by atomic mass is 19.1. The summed E-state index contributed by atoms with van der Waals surface area (Å²) in [6.45, 7) is 3.07. The average molecular weight is 319 g/mol. The molecule has 0 amide bonds. The highest BCUT2D eigenvalue weighted by molar-refractivity contribution is 5.54. The van der Waals surface area contributed by atoms with Gasteiger partial charge < -0.3 is 14.8 Å². The molecule has 0 aliphatic carbocycles. The molecule has 1 aliphatic rings. The fourth-order valence-electron chi connectivity index (χ4n) is 3.08. The number of benzene rings is 2. The summed E-state index contributed by atoms with van der Waals surface area (Å²) in [7, 11) is 1.59. The molecule has 122 valence electrons. The number of rotatable bonds is 4. The zero-order chi connectivity index (χ0) is 16.4. The maximum Gasteiger partial charge on any atom is 0.164 e. The normalized spacial score (nSPS) is 16.8. The van der Waals surface area contributed by atoms with Gasteiger partial charge in [0.05, 0.1) is 19.8 Å². The largest absolute Gasteiger partial charge is 0.493 e. The summed E-state index contributed by atoms with van der Waals surface area (Å²) < 4.78 is 38.8. The van der Waals surface area contributed by atoms with Crippen molar-refractivity contribution < 1.29 is 18.3 Å². The van der Waals surface area contributed by atoms with Gasteiger partial charge in [-0.15, -0.1) is 0 Å². The Hall–Kier alpha value is -2.14. The van der Waals surface area contributed by atoms with E-state index < -0.39 is 17.7 Å². The molecule has 3 rings (SSSR count). The fraction of sp³-hybridized carbons (Fsp3) is 0.333.